The van der Waals surface area contributed by atoms with Crippen molar-refractivity contribution in [1.82, 2.24) is 20.1 Å². The van der Waals surface area contributed by atoms with Crippen LogP contribution in [0.5, 0.6) is 0 Å². The van der Waals surface area contributed by atoms with E-state index in [4.69, 9.17) is 0 Å². The zero-order valence-corrected chi connectivity index (χ0v) is 11.2. The highest BCUT2D eigenvalue weighted by Gasteiger charge is 2.09. The Kier molecular flexibility index (Phi) is 4.10. The van der Waals surface area contributed by atoms with Gasteiger partial charge in [-0.05, 0) is 18.9 Å². The molecule has 0 aliphatic rings. The number of nitrogens with zero attached hydrogens (tertiary/aromatic N) is 3. The van der Waals surface area contributed by atoms with Crippen molar-refractivity contribution in [2.45, 2.75) is 32.9 Å². The molecule has 0 amide bonds. The first-order valence-electron chi connectivity index (χ1n) is 6.33. The third-order valence-electron chi connectivity index (χ3n) is 3.20. The maximum atomic E-state index is 4.08. The second-order valence-corrected chi connectivity index (χ2v) is 4.61. The highest BCUT2D eigenvalue weighted by atomic mass is 15.3. The minimum Gasteiger partial charge on any atom is -0.320 e. The van der Waals surface area contributed by atoms with E-state index in [1.54, 1.807) is 6.33 Å². The molecule has 1 aromatic heterocycles. The molecule has 0 spiro atoms. The summed E-state index contributed by atoms with van der Waals surface area (Å²) in [6.45, 7) is 5.04. The van der Waals surface area contributed by atoms with Crippen LogP contribution in [0.1, 0.15) is 36.3 Å². The first kappa shape index (κ1) is 12.8. The third kappa shape index (κ3) is 2.96. The Morgan fingerprint density at radius 2 is 2.00 bits per heavy atom. The van der Waals surface area contributed by atoms with E-state index in [0.29, 0.717) is 6.04 Å². The number of aryl methyl sites for hydroxylation is 2. The van der Waals surface area contributed by atoms with Gasteiger partial charge in [0.1, 0.15) is 12.2 Å². The summed E-state index contributed by atoms with van der Waals surface area (Å²) in [5, 5.41) is 11.5. The van der Waals surface area contributed by atoms with Crippen LogP contribution in [0.3, 0.4) is 0 Å². The Bertz CT molecular complexity index is 487. The van der Waals surface area contributed by atoms with Crippen molar-refractivity contribution >= 4 is 0 Å². The fourth-order valence-corrected chi connectivity index (χ4v) is 1.98. The molecule has 0 aliphatic heterocycles. The Morgan fingerprint density at radius 3 is 2.56 bits per heavy atom. The normalized spacial score (nSPS) is 12.6. The molecule has 0 saturated heterocycles. The van der Waals surface area contributed by atoms with Crippen LogP contribution in [0.15, 0.2) is 30.6 Å². The molecule has 0 saturated carbocycles. The standard InChI is InChI=1S/C14H20N4/c1-4-13(12-7-5-11(2)6-8-12)15-9-14-17-16-10-18(14)3/h5-8,10,13,15H,4,9H2,1-3H3. The van der Waals surface area contributed by atoms with E-state index in [0.717, 1.165) is 18.8 Å². The topological polar surface area (TPSA) is 42.7 Å². The molecule has 1 aromatic carbocycles. The molecule has 1 unspecified atom stereocenters. The molecule has 1 N–H and O–H groups in total. The van der Waals surface area contributed by atoms with Crippen molar-refractivity contribution in [3.63, 3.8) is 0 Å². The van der Waals surface area contributed by atoms with Crippen LogP contribution in [-0.2, 0) is 13.6 Å². The van der Waals surface area contributed by atoms with Gasteiger partial charge in [0.15, 0.2) is 0 Å². The van der Waals surface area contributed by atoms with Crippen LogP contribution in [0.2, 0.25) is 0 Å². The predicted molar refractivity (Wildman–Crippen MR) is 72.1 cm³/mol. The van der Waals surface area contributed by atoms with Gasteiger partial charge in [0, 0.05) is 13.1 Å². The fraction of sp³-hybridized carbons (Fsp3) is 0.429. The quantitative estimate of drug-likeness (QED) is 0.878. The van der Waals surface area contributed by atoms with Gasteiger partial charge < -0.3 is 9.88 Å². The highest BCUT2D eigenvalue weighted by molar-refractivity contribution is 5.24. The zero-order valence-electron chi connectivity index (χ0n) is 11.2. The Balaban J connectivity index is 2.01. The molecule has 0 radical (unpaired) electrons. The molecule has 4 heteroatoms. The number of aromatic nitrogens is 3. The molecule has 96 valence electrons. The van der Waals surface area contributed by atoms with Gasteiger partial charge in [-0.1, -0.05) is 36.8 Å². The molecule has 2 aromatic rings. The molecular weight excluding hydrogens is 224 g/mol. The average molecular weight is 244 g/mol. The van der Waals surface area contributed by atoms with Crippen molar-refractivity contribution in [2.24, 2.45) is 7.05 Å². The molecular formula is C14H20N4. The molecule has 0 aliphatic carbocycles. The van der Waals surface area contributed by atoms with Crippen molar-refractivity contribution in [2.75, 3.05) is 0 Å². The lowest BCUT2D eigenvalue weighted by Gasteiger charge is -2.17. The van der Waals surface area contributed by atoms with E-state index < -0.39 is 0 Å². The van der Waals surface area contributed by atoms with E-state index in [1.807, 2.05) is 11.6 Å². The molecule has 1 heterocycles. The maximum Gasteiger partial charge on any atom is 0.146 e. The lowest BCUT2D eigenvalue weighted by molar-refractivity contribution is 0.501. The van der Waals surface area contributed by atoms with Crippen molar-refractivity contribution in [3.8, 4) is 0 Å². The van der Waals surface area contributed by atoms with Crippen LogP contribution < -0.4 is 5.32 Å². The van der Waals surface area contributed by atoms with Crippen LogP contribution in [0, 0.1) is 6.92 Å². The predicted octanol–water partition coefficient (Wildman–Crippen LogP) is 2.36. The second kappa shape index (κ2) is 5.78. The zero-order chi connectivity index (χ0) is 13.0. The summed E-state index contributed by atoms with van der Waals surface area (Å²) in [6.07, 6.45) is 2.78. The van der Waals surface area contributed by atoms with Gasteiger partial charge in [-0.25, -0.2) is 0 Å². The van der Waals surface area contributed by atoms with Crippen molar-refractivity contribution in [1.29, 1.82) is 0 Å². The maximum absolute atomic E-state index is 4.08. The van der Waals surface area contributed by atoms with Gasteiger partial charge in [0.05, 0.1) is 6.54 Å². The van der Waals surface area contributed by atoms with Gasteiger partial charge in [-0.2, -0.15) is 0 Å². The van der Waals surface area contributed by atoms with Gasteiger partial charge in [-0.3, -0.25) is 0 Å². The summed E-state index contributed by atoms with van der Waals surface area (Å²) in [5.74, 6) is 0.959. The first-order chi connectivity index (χ1) is 8.70. The van der Waals surface area contributed by atoms with Gasteiger partial charge in [0.2, 0.25) is 0 Å². The van der Waals surface area contributed by atoms with Crippen molar-refractivity contribution in [3.05, 3.63) is 47.5 Å². The number of hydrogen-bond donors (Lipinski definition) is 1. The van der Waals surface area contributed by atoms with Gasteiger partial charge >= 0.3 is 0 Å². The van der Waals surface area contributed by atoms with Crippen molar-refractivity contribution < 1.29 is 0 Å². The van der Waals surface area contributed by atoms with Crippen LogP contribution in [-0.4, -0.2) is 14.8 Å². The summed E-state index contributed by atoms with van der Waals surface area (Å²) < 4.78 is 1.94. The lowest BCUT2D eigenvalue weighted by atomic mass is 10.0. The molecule has 0 bridgehead atoms. The average Bonchev–Trinajstić information content (AvgIpc) is 2.78. The summed E-state index contributed by atoms with van der Waals surface area (Å²) >= 11 is 0. The van der Waals surface area contributed by atoms with Crippen LogP contribution in [0.4, 0.5) is 0 Å². The van der Waals surface area contributed by atoms with E-state index >= 15 is 0 Å². The number of hydrogen-bond acceptors (Lipinski definition) is 3. The highest BCUT2D eigenvalue weighted by Crippen LogP contribution is 2.17. The molecule has 4 nitrogen and oxygen atoms in total. The largest absolute Gasteiger partial charge is 0.320 e. The summed E-state index contributed by atoms with van der Waals surface area (Å²) in [4.78, 5) is 0. The first-order valence-corrected chi connectivity index (χ1v) is 6.33. The minimum absolute atomic E-state index is 0.363. The lowest BCUT2D eigenvalue weighted by Crippen LogP contribution is -2.22. The third-order valence-corrected chi connectivity index (χ3v) is 3.20. The molecule has 1 atom stereocenters. The molecule has 0 fully saturated rings. The minimum atomic E-state index is 0.363. The summed E-state index contributed by atoms with van der Waals surface area (Å²) in [5.41, 5.74) is 2.62. The Hall–Kier alpha value is -1.68. The van der Waals surface area contributed by atoms with Crippen LogP contribution in [0.25, 0.3) is 0 Å². The Labute approximate surface area is 108 Å². The van der Waals surface area contributed by atoms with E-state index in [1.165, 1.54) is 11.1 Å². The molecule has 2 rings (SSSR count). The smallest absolute Gasteiger partial charge is 0.146 e. The summed E-state index contributed by atoms with van der Waals surface area (Å²) in [6, 6.07) is 9.05. The Morgan fingerprint density at radius 1 is 1.28 bits per heavy atom. The van der Waals surface area contributed by atoms with Gasteiger partial charge in [0.25, 0.3) is 0 Å². The fourth-order valence-electron chi connectivity index (χ4n) is 1.98. The van der Waals surface area contributed by atoms with E-state index in [-0.39, 0.29) is 0 Å². The molecule has 18 heavy (non-hydrogen) atoms. The van der Waals surface area contributed by atoms with E-state index in [2.05, 4.69) is 53.6 Å². The SMILES string of the molecule is CCC(NCc1nncn1C)c1ccc(C)cc1. The number of benzene rings is 1. The van der Waals surface area contributed by atoms with Gasteiger partial charge in [-0.15, -0.1) is 10.2 Å². The van der Waals surface area contributed by atoms with Crippen LogP contribution >= 0.6 is 0 Å². The van der Waals surface area contributed by atoms with E-state index in [9.17, 15) is 0 Å². The number of rotatable bonds is 5. The number of nitrogens with one attached hydrogen (secondary N) is 1. The second-order valence-electron chi connectivity index (χ2n) is 4.61. The summed E-state index contributed by atoms with van der Waals surface area (Å²) in [7, 11) is 1.96. The monoisotopic (exact) mass is 244 g/mol.